The quantitative estimate of drug-likeness (QED) is 0.880. The minimum absolute atomic E-state index is 0.848. The minimum Gasteiger partial charge on any atom is -0.341 e. The summed E-state index contributed by atoms with van der Waals surface area (Å²) in [5.41, 5.74) is 2.19. The van der Waals surface area contributed by atoms with Gasteiger partial charge in [-0.3, -0.25) is 0 Å². The Morgan fingerprint density at radius 1 is 1.21 bits per heavy atom. The van der Waals surface area contributed by atoms with Crippen LogP contribution >= 0.6 is 0 Å². The standard InChI is InChI=1S/C16H23N3/c1-12-6-8-13(9-7-12)10-17-11-16-18-14-4-2-3-5-15(14)19-16/h2-5,12-13,17H,6-11H2,1H3,(H,18,19). The molecule has 19 heavy (non-hydrogen) atoms. The van der Waals surface area contributed by atoms with E-state index in [1.807, 2.05) is 12.1 Å². The van der Waals surface area contributed by atoms with Gasteiger partial charge in [0.2, 0.25) is 0 Å². The van der Waals surface area contributed by atoms with Gasteiger partial charge in [-0.2, -0.15) is 0 Å². The number of hydrogen-bond acceptors (Lipinski definition) is 2. The Morgan fingerprint density at radius 3 is 2.79 bits per heavy atom. The van der Waals surface area contributed by atoms with Crippen LogP contribution in [0.2, 0.25) is 0 Å². The van der Waals surface area contributed by atoms with Gasteiger partial charge in [-0.1, -0.05) is 31.9 Å². The Balaban J connectivity index is 1.49. The summed E-state index contributed by atoms with van der Waals surface area (Å²) in [4.78, 5) is 7.96. The highest BCUT2D eigenvalue weighted by atomic mass is 15.0. The van der Waals surface area contributed by atoms with Crippen molar-refractivity contribution < 1.29 is 0 Å². The lowest BCUT2D eigenvalue weighted by molar-refractivity contribution is 0.281. The molecule has 2 aromatic rings. The maximum absolute atomic E-state index is 4.59. The lowest BCUT2D eigenvalue weighted by Gasteiger charge is -2.26. The molecule has 0 radical (unpaired) electrons. The van der Waals surface area contributed by atoms with E-state index in [0.29, 0.717) is 0 Å². The van der Waals surface area contributed by atoms with E-state index in [-0.39, 0.29) is 0 Å². The largest absolute Gasteiger partial charge is 0.341 e. The topological polar surface area (TPSA) is 40.7 Å². The molecular weight excluding hydrogens is 234 g/mol. The van der Waals surface area contributed by atoms with Crippen molar-refractivity contribution in [1.29, 1.82) is 0 Å². The highest BCUT2D eigenvalue weighted by molar-refractivity contribution is 5.74. The zero-order valence-corrected chi connectivity index (χ0v) is 11.7. The fourth-order valence-electron chi connectivity index (χ4n) is 3.02. The summed E-state index contributed by atoms with van der Waals surface area (Å²) in [5, 5.41) is 3.55. The number of rotatable bonds is 4. The number of fused-ring (bicyclic) bond motifs is 1. The molecule has 102 valence electrons. The Kier molecular flexibility index (Phi) is 3.83. The van der Waals surface area contributed by atoms with Gasteiger partial charge in [-0.05, 0) is 43.4 Å². The predicted molar refractivity (Wildman–Crippen MR) is 78.9 cm³/mol. The van der Waals surface area contributed by atoms with Gasteiger partial charge >= 0.3 is 0 Å². The summed E-state index contributed by atoms with van der Waals surface area (Å²) in [6, 6.07) is 8.21. The van der Waals surface area contributed by atoms with E-state index in [1.165, 1.54) is 25.7 Å². The van der Waals surface area contributed by atoms with Crippen LogP contribution in [0.1, 0.15) is 38.4 Å². The van der Waals surface area contributed by atoms with E-state index in [1.54, 1.807) is 0 Å². The van der Waals surface area contributed by atoms with Crippen LogP contribution in [-0.4, -0.2) is 16.5 Å². The molecule has 1 fully saturated rings. The van der Waals surface area contributed by atoms with Gasteiger partial charge in [0.1, 0.15) is 5.82 Å². The Bertz CT molecular complexity index is 491. The van der Waals surface area contributed by atoms with E-state index in [4.69, 9.17) is 0 Å². The SMILES string of the molecule is CC1CCC(CNCc2nc3ccccc3[nH]2)CC1. The second-order valence-electron chi connectivity index (χ2n) is 5.96. The lowest BCUT2D eigenvalue weighted by Crippen LogP contribution is -2.26. The van der Waals surface area contributed by atoms with Crippen LogP contribution in [0.5, 0.6) is 0 Å². The van der Waals surface area contributed by atoms with Crippen LogP contribution in [-0.2, 0) is 6.54 Å². The first-order chi connectivity index (χ1) is 9.31. The highest BCUT2D eigenvalue weighted by Gasteiger charge is 2.17. The number of benzene rings is 1. The van der Waals surface area contributed by atoms with Crippen LogP contribution in [0.4, 0.5) is 0 Å². The second-order valence-corrected chi connectivity index (χ2v) is 5.96. The van der Waals surface area contributed by atoms with Crippen molar-refractivity contribution in [2.24, 2.45) is 11.8 Å². The minimum atomic E-state index is 0.848. The molecule has 2 N–H and O–H groups in total. The third-order valence-electron chi connectivity index (χ3n) is 4.30. The molecule has 3 heteroatoms. The average molecular weight is 257 g/mol. The maximum Gasteiger partial charge on any atom is 0.121 e. The molecule has 1 saturated carbocycles. The molecular formula is C16H23N3. The molecule has 0 bridgehead atoms. The molecule has 1 heterocycles. The molecule has 0 unspecified atom stereocenters. The van der Waals surface area contributed by atoms with Crippen LogP contribution in [0, 0.1) is 11.8 Å². The number of hydrogen-bond donors (Lipinski definition) is 2. The molecule has 1 aliphatic carbocycles. The number of aromatic nitrogens is 2. The Morgan fingerprint density at radius 2 is 2.00 bits per heavy atom. The van der Waals surface area contributed by atoms with Crippen LogP contribution in [0.3, 0.4) is 0 Å². The summed E-state index contributed by atoms with van der Waals surface area (Å²) in [6.45, 7) is 4.35. The Hall–Kier alpha value is -1.35. The molecule has 1 aliphatic rings. The summed E-state index contributed by atoms with van der Waals surface area (Å²) in [6.07, 6.45) is 5.57. The van der Waals surface area contributed by atoms with Crippen molar-refractivity contribution in [3.8, 4) is 0 Å². The smallest absolute Gasteiger partial charge is 0.121 e. The molecule has 0 amide bonds. The lowest BCUT2D eigenvalue weighted by atomic mass is 9.83. The predicted octanol–water partition coefficient (Wildman–Crippen LogP) is 3.48. The van der Waals surface area contributed by atoms with Gasteiger partial charge in [0, 0.05) is 0 Å². The second kappa shape index (κ2) is 5.74. The molecule has 0 atom stereocenters. The first kappa shape index (κ1) is 12.7. The average Bonchev–Trinajstić information content (AvgIpc) is 2.83. The number of H-pyrrole nitrogens is 1. The number of nitrogens with one attached hydrogen (secondary N) is 2. The molecule has 0 saturated heterocycles. The van der Waals surface area contributed by atoms with E-state index in [9.17, 15) is 0 Å². The normalized spacial score (nSPS) is 23.8. The fourth-order valence-corrected chi connectivity index (χ4v) is 3.02. The number of imidazole rings is 1. The summed E-state index contributed by atoms with van der Waals surface area (Å²) in [7, 11) is 0. The van der Waals surface area contributed by atoms with Gasteiger partial charge in [-0.25, -0.2) is 4.98 Å². The summed E-state index contributed by atoms with van der Waals surface area (Å²) in [5.74, 6) is 2.84. The molecule has 1 aromatic carbocycles. The first-order valence-corrected chi connectivity index (χ1v) is 7.45. The van der Waals surface area contributed by atoms with Gasteiger partial charge in [-0.15, -0.1) is 0 Å². The van der Waals surface area contributed by atoms with Crippen molar-refractivity contribution in [1.82, 2.24) is 15.3 Å². The van der Waals surface area contributed by atoms with Crippen molar-refractivity contribution >= 4 is 11.0 Å². The summed E-state index contributed by atoms with van der Waals surface area (Å²) >= 11 is 0. The van der Waals surface area contributed by atoms with Crippen molar-refractivity contribution in [2.45, 2.75) is 39.2 Å². The number of para-hydroxylation sites is 2. The number of nitrogens with zero attached hydrogens (tertiary/aromatic N) is 1. The monoisotopic (exact) mass is 257 g/mol. The van der Waals surface area contributed by atoms with Crippen molar-refractivity contribution in [3.05, 3.63) is 30.1 Å². The highest BCUT2D eigenvalue weighted by Crippen LogP contribution is 2.27. The zero-order chi connectivity index (χ0) is 13.1. The summed E-state index contributed by atoms with van der Waals surface area (Å²) < 4.78 is 0. The number of aromatic amines is 1. The van der Waals surface area contributed by atoms with Crippen LogP contribution < -0.4 is 5.32 Å². The maximum atomic E-state index is 4.59. The van der Waals surface area contributed by atoms with Gasteiger partial charge in [0.25, 0.3) is 0 Å². The first-order valence-electron chi connectivity index (χ1n) is 7.45. The third kappa shape index (κ3) is 3.16. The van der Waals surface area contributed by atoms with Gasteiger partial charge in [0.05, 0.1) is 17.6 Å². The van der Waals surface area contributed by atoms with E-state index in [2.05, 4.69) is 34.3 Å². The Labute approximate surface area is 114 Å². The fraction of sp³-hybridized carbons (Fsp3) is 0.562. The van der Waals surface area contributed by atoms with Crippen LogP contribution in [0.25, 0.3) is 11.0 Å². The van der Waals surface area contributed by atoms with Crippen molar-refractivity contribution in [3.63, 3.8) is 0 Å². The third-order valence-corrected chi connectivity index (χ3v) is 4.30. The zero-order valence-electron chi connectivity index (χ0n) is 11.7. The van der Waals surface area contributed by atoms with E-state index in [0.717, 1.165) is 41.8 Å². The van der Waals surface area contributed by atoms with Crippen molar-refractivity contribution in [2.75, 3.05) is 6.54 Å². The van der Waals surface area contributed by atoms with Gasteiger partial charge in [0.15, 0.2) is 0 Å². The van der Waals surface area contributed by atoms with E-state index >= 15 is 0 Å². The molecule has 1 aromatic heterocycles. The molecule has 0 aliphatic heterocycles. The molecule has 0 spiro atoms. The van der Waals surface area contributed by atoms with Gasteiger partial charge < -0.3 is 10.3 Å². The molecule has 3 rings (SSSR count). The molecule has 3 nitrogen and oxygen atoms in total. The van der Waals surface area contributed by atoms with Crippen LogP contribution in [0.15, 0.2) is 24.3 Å². The van der Waals surface area contributed by atoms with E-state index < -0.39 is 0 Å².